The zero-order chi connectivity index (χ0) is 12.5. The number of aromatic amines is 1. The zero-order valence-electron chi connectivity index (χ0n) is 11.0. The molecule has 3 heteroatoms. The maximum atomic E-state index is 5.52. The highest BCUT2D eigenvalue weighted by molar-refractivity contribution is 5.89. The van der Waals surface area contributed by atoms with E-state index in [2.05, 4.69) is 29.5 Å². The summed E-state index contributed by atoms with van der Waals surface area (Å²) in [5, 5.41) is 4.72. The minimum absolute atomic E-state index is 0.622. The number of hydrogen-bond acceptors (Lipinski definition) is 2. The van der Waals surface area contributed by atoms with E-state index in [1.807, 2.05) is 12.1 Å². The van der Waals surface area contributed by atoms with Crippen LogP contribution in [0.3, 0.4) is 0 Å². The van der Waals surface area contributed by atoms with Gasteiger partial charge in [-0.05, 0) is 49.0 Å². The highest BCUT2D eigenvalue weighted by Crippen LogP contribution is 2.38. The van der Waals surface area contributed by atoms with Crippen molar-refractivity contribution in [3.05, 3.63) is 30.0 Å². The van der Waals surface area contributed by atoms with Gasteiger partial charge in [0.05, 0.1) is 7.11 Å². The first-order valence-electron chi connectivity index (χ1n) is 6.66. The molecular formula is C15H20N2O. The Kier molecular flexibility index (Phi) is 3.00. The van der Waals surface area contributed by atoms with Crippen LogP contribution in [0.4, 0.5) is 0 Å². The molecular weight excluding hydrogens is 224 g/mol. The highest BCUT2D eigenvalue weighted by atomic mass is 16.5. The number of fused-ring (bicyclic) bond motifs is 1. The van der Waals surface area contributed by atoms with Gasteiger partial charge < -0.3 is 15.0 Å². The molecule has 3 rings (SSSR count). The van der Waals surface area contributed by atoms with Crippen molar-refractivity contribution in [2.45, 2.75) is 19.3 Å². The molecule has 1 aliphatic heterocycles. The summed E-state index contributed by atoms with van der Waals surface area (Å²) in [5.74, 6) is 2.27. The van der Waals surface area contributed by atoms with Crippen LogP contribution in [0, 0.1) is 5.92 Å². The number of aromatic nitrogens is 1. The third kappa shape index (κ3) is 1.79. The van der Waals surface area contributed by atoms with E-state index in [0.717, 1.165) is 18.8 Å². The van der Waals surface area contributed by atoms with Crippen LogP contribution in [-0.4, -0.2) is 25.2 Å². The summed E-state index contributed by atoms with van der Waals surface area (Å²) in [5.41, 5.74) is 2.59. The average Bonchev–Trinajstić information content (AvgIpc) is 2.83. The molecule has 1 aliphatic rings. The first-order chi connectivity index (χ1) is 8.81. The molecule has 1 fully saturated rings. The molecule has 0 saturated carbocycles. The van der Waals surface area contributed by atoms with E-state index in [4.69, 9.17) is 4.74 Å². The van der Waals surface area contributed by atoms with Crippen molar-refractivity contribution in [1.29, 1.82) is 0 Å². The number of hydrogen-bond donors (Lipinski definition) is 2. The zero-order valence-corrected chi connectivity index (χ0v) is 11.0. The summed E-state index contributed by atoms with van der Waals surface area (Å²) < 4.78 is 5.52. The van der Waals surface area contributed by atoms with Gasteiger partial charge >= 0.3 is 0 Å². The van der Waals surface area contributed by atoms with Gasteiger partial charge in [0.2, 0.25) is 0 Å². The van der Waals surface area contributed by atoms with Gasteiger partial charge in [-0.3, -0.25) is 0 Å². The fourth-order valence-electron chi connectivity index (χ4n) is 3.12. The maximum Gasteiger partial charge on any atom is 0.128 e. The van der Waals surface area contributed by atoms with E-state index in [-0.39, 0.29) is 0 Å². The fourth-order valence-corrected chi connectivity index (χ4v) is 3.12. The van der Waals surface area contributed by atoms with Crippen molar-refractivity contribution in [1.82, 2.24) is 10.3 Å². The lowest BCUT2D eigenvalue weighted by Gasteiger charge is -2.29. The molecule has 96 valence electrons. The smallest absolute Gasteiger partial charge is 0.128 e. The first-order valence-corrected chi connectivity index (χ1v) is 6.66. The first kappa shape index (κ1) is 11.6. The number of nitrogens with one attached hydrogen (secondary N) is 2. The summed E-state index contributed by atoms with van der Waals surface area (Å²) in [6.07, 6.45) is 3.37. The Balaban J connectivity index is 2.11. The summed E-state index contributed by atoms with van der Waals surface area (Å²) in [7, 11) is 1.75. The minimum Gasteiger partial charge on any atom is -0.496 e. The van der Waals surface area contributed by atoms with Gasteiger partial charge in [-0.25, -0.2) is 0 Å². The number of H-pyrrole nitrogens is 1. The molecule has 1 aromatic heterocycles. The average molecular weight is 244 g/mol. The van der Waals surface area contributed by atoms with Crippen molar-refractivity contribution >= 4 is 10.9 Å². The second kappa shape index (κ2) is 4.65. The van der Waals surface area contributed by atoms with E-state index < -0.39 is 0 Å². The monoisotopic (exact) mass is 244 g/mol. The van der Waals surface area contributed by atoms with Crippen LogP contribution in [0.2, 0.25) is 0 Å². The lowest BCUT2D eigenvalue weighted by molar-refractivity contribution is 0.350. The van der Waals surface area contributed by atoms with Crippen molar-refractivity contribution in [3.63, 3.8) is 0 Å². The molecule has 2 atom stereocenters. The molecule has 0 bridgehead atoms. The normalized spacial score (nSPS) is 24.3. The van der Waals surface area contributed by atoms with Crippen LogP contribution in [0.1, 0.15) is 24.8 Å². The predicted octanol–water partition coefficient (Wildman–Crippen LogP) is 2.89. The molecule has 3 nitrogen and oxygen atoms in total. The van der Waals surface area contributed by atoms with Gasteiger partial charge in [0.15, 0.2) is 0 Å². The SMILES string of the molecule is COc1cccc2[nH]cc(C3CCNCC3C)c12. The Hall–Kier alpha value is -1.48. The number of benzene rings is 1. The quantitative estimate of drug-likeness (QED) is 0.852. The molecule has 18 heavy (non-hydrogen) atoms. The minimum atomic E-state index is 0.622. The Labute approximate surface area is 108 Å². The van der Waals surface area contributed by atoms with Crippen LogP contribution in [0.25, 0.3) is 10.9 Å². The largest absolute Gasteiger partial charge is 0.496 e. The van der Waals surface area contributed by atoms with Crippen LogP contribution < -0.4 is 10.1 Å². The van der Waals surface area contributed by atoms with Crippen LogP contribution in [0.15, 0.2) is 24.4 Å². The number of rotatable bonds is 2. The summed E-state index contributed by atoms with van der Waals surface area (Å²) >= 11 is 0. The van der Waals surface area contributed by atoms with Crippen LogP contribution >= 0.6 is 0 Å². The molecule has 0 spiro atoms. The van der Waals surface area contributed by atoms with Crippen molar-refractivity contribution in [2.24, 2.45) is 5.92 Å². The second-order valence-corrected chi connectivity index (χ2v) is 5.20. The Morgan fingerprint density at radius 2 is 2.22 bits per heavy atom. The molecule has 1 saturated heterocycles. The summed E-state index contributed by atoms with van der Waals surface area (Å²) in [4.78, 5) is 3.38. The lowest BCUT2D eigenvalue weighted by atomic mass is 9.82. The Morgan fingerprint density at radius 3 is 3.00 bits per heavy atom. The van der Waals surface area contributed by atoms with Gasteiger partial charge in [0.1, 0.15) is 5.75 Å². The highest BCUT2D eigenvalue weighted by Gasteiger charge is 2.25. The third-order valence-corrected chi connectivity index (χ3v) is 4.10. The van der Waals surface area contributed by atoms with E-state index >= 15 is 0 Å². The molecule has 2 unspecified atom stereocenters. The molecule has 0 amide bonds. The molecule has 2 N–H and O–H groups in total. The number of ether oxygens (including phenoxy) is 1. The van der Waals surface area contributed by atoms with Crippen LogP contribution in [-0.2, 0) is 0 Å². The van der Waals surface area contributed by atoms with E-state index in [9.17, 15) is 0 Å². The fraction of sp³-hybridized carbons (Fsp3) is 0.467. The Bertz CT molecular complexity index is 546. The molecule has 2 heterocycles. The third-order valence-electron chi connectivity index (χ3n) is 4.10. The van der Waals surface area contributed by atoms with Crippen molar-refractivity contribution in [3.8, 4) is 5.75 Å². The summed E-state index contributed by atoms with van der Waals surface area (Å²) in [6, 6.07) is 6.20. The topological polar surface area (TPSA) is 37.0 Å². The van der Waals surface area contributed by atoms with Gasteiger partial charge in [0.25, 0.3) is 0 Å². The number of piperidine rings is 1. The van der Waals surface area contributed by atoms with E-state index in [1.165, 1.54) is 22.9 Å². The van der Waals surface area contributed by atoms with Gasteiger partial charge in [-0.1, -0.05) is 13.0 Å². The lowest BCUT2D eigenvalue weighted by Crippen LogP contribution is -2.33. The molecule has 0 aliphatic carbocycles. The van der Waals surface area contributed by atoms with E-state index in [0.29, 0.717) is 11.8 Å². The van der Waals surface area contributed by atoms with Crippen LogP contribution in [0.5, 0.6) is 5.75 Å². The molecule has 2 aromatic rings. The second-order valence-electron chi connectivity index (χ2n) is 5.20. The molecule has 1 aromatic carbocycles. The summed E-state index contributed by atoms with van der Waals surface area (Å²) in [6.45, 7) is 4.54. The van der Waals surface area contributed by atoms with Gasteiger partial charge in [-0.15, -0.1) is 0 Å². The molecule has 0 radical (unpaired) electrons. The maximum absolute atomic E-state index is 5.52. The van der Waals surface area contributed by atoms with Gasteiger partial charge in [0, 0.05) is 17.1 Å². The Morgan fingerprint density at radius 1 is 1.33 bits per heavy atom. The van der Waals surface area contributed by atoms with Gasteiger partial charge in [-0.2, -0.15) is 0 Å². The predicted molar refractivity (Wildman–Crippen MR) is 74.2 cm³/mol. The number of methoxy groups -OCH3 is 1. The van der Waals surface area contributed by atoms with Crippen molar-refractivity contribution in [2.75, 3.05) is 20.2 Å². The van der Waals surface area contributed by atoms with E-state index in [1.54, 1.807) is 7.11 Å². The van der Waals surface area contributed by atoms with Crippen molar-refractivity contribution < 1.29 is 4.74 Å². The standard InChI is InChI=1S/C15H20N2O/c1-10-8-16-7-6-11(10)12-9-17-13-4-3-5-14(18-2)15(12)13/h3-5,9-11,16-17H,6-8H2,1-2H3.